The lowest BCUT2D eigenvalue weighted by atomic mass is 10.0. The molecule has 0 bridgehead atoms. The minimum Gasteiger partial charge on any atom is -0.504 e. The van der Waals surface area contributed by atoms with E-state index in [4.69, 9.17) is 4.74 Å². The van der Waals surface area contributed by atoms with Gasteiger partial charge in [0.05, 0.1) is 12.7 Å². The summed E-state index contributed by atoms with van der Waals surface area (Å²) < 4.78 is 5.04. The van der Waals surface area contributed by atoms with Gasteiger partial charge in [-0.1, -0.05) is 12.5 Å². The molecule has 0 saturated carbocycles. The molecule has 1 fully saturated rings. The van der Waals surface area contributed by atoms with Crippen LogP contribution in [0.4, 0.5) is 0 Å². The van der Waals surface area contributed by atoms with Crippen molar-refractivity contribution in [2.24, 2.45) is 0 Å². The van der Waals surface area contributed by atoms with Crippen LogP contribution in [0.3, 0.4) is 0 Å². The van der Waals surface area contributed by atoms with Crippen LogP contribution in [0, 0.1) is 0 Å². The number of para-hydroxylation sites is 1. The molecule has 21 heavy (non-hydrogen) atoms. The summed E-state index contributed by atoms with van der Waals surface area (Å²) in [6.45, 7) is 1.74. The lowest BCUT2D eigenvalue weighted by Gasteiger charge is -2.26. The van der Waals surface area contributed by atoms with Crippen molar-refractivity contribution in [2.45, 2.75) is 31.7 Å². The number of carbonyl (C=O) groups excluding carboxylic acids is 1. The smallest absolute Gasteiger partial charge is 0.257 e. The molecule has 1 atom stereocenters. The molecule has 1 aliphatic rings. The number of rotatable bonds is 5. The highest BCUT2D eigenvalue weighted by atomic mass is 16.5. The van der Waals surface area contributed by atoms with Gasteiger partial charge in [-0.05, 0) is 37.9 Å². The highest BCUT2D eigenvalue weighted by Crippen LogP contribution is 2.30. The number of nitrogens with one attached hydrogen (secondary N) is 1. The summed E-state index contributed by atoms with van der Waals surface area (Å²) in [5, 5.41) is 13.5. The number of carbonyl (C=O) groups is 1. The van der Waals surface area contributed by atoms with E-state index < -0.39 is 0 Å². The first-order valence-electron chi connectivity index (χ1n) is 7.48. The van der Waals surface area contributed by atoms with Gasteiger partial charge >= 0.3 is 0 Å². The Labute approximate surface area is 125 Å². The second-order valence-corrected chi connectivity index (χ2v) is 5.52. The molecule has 1 unspecified atom stereocenters. The normalized spacial score (nSPS) is 18.3. The Morgan fingerprint density at radius 3 is 2.95 bits per heavy atom. The number of hydrogen-bond donors (Lipinski definition) is 2. The first-order valence-corrected chi connectivity index (χ1v) is 7.48. The van der Waals surface area contributed by atoms with E-state index in [-0.39, 0.29) is 17.2 Å². The number of benzene rings is 1. The molecular formula is C16H24N2O3. The molecule has 1 aromatic rings. The van der Waals surface area contributed by atoms with Gasteiger partial charge in [0.25, 0.3) is 5.91 Å². The minimum absolute atomic E-state index is 0.0901. The van der Waals surface area contributed by atoms with Crippen LogP contribution < -0.4 is 10.1 Å². The average Bonchev–Trinajstić information content (AvgIpc) is 2.53. The van der Waals surface area contributed by atoms with Gasteiger partial charge in [0.15, 0.2) is 11.5 Å². The second-order valence-electron chi connectivity index (χ2n) is 5.52. The van der Waals surface area contributed by atoms with Gasteiger partial charge in [-0.15, -0.1) is 0 Å². The summed E-state index contributed by atoms with van der Waals surface area (Å²) in [6, 6.07) is 5.46. The van der Waals surface area contributed by atoms with Gasteiger partial charge in [0.1, 0.15) is 0 Å². The zero-order valence-electron chi connectivity index (χ0n) is 12.8. The third-order valence-electron chi connectivity index (χ3n) is 4.02. The van der Waals surface area contributed by atoms with E-state index in [0.29, 0.717) is 18.3 Å². The van der Waals surface area contributed by atoms with Crippen LogP contribution in [0.5, 0.6) is 11.5 Å². The van der Waals surface area contributed by atoms with Crippen LogP contribution in [-0.4, -0.2) is 49.2 Å². The fourth-order valence-electron chi connectivity index (χ4n) is 2.69. The number of nitrogens with zero attached hydrogens (tertiary/aromatic N) is 1. The van der Waals surface area contributed by atoms with E-state index in [9.17, 15) is 9.90 Å². The Hall–Kier alpha value is -1.75. The maximum Gasteiger partial charge on any atom is 0.257 e. The maximum absolute atomic E-state index is 12.4. The quantitative estimate of drug-likeness (QED) is 0.871. The molecule has 1 aromatic carbocycles. The second kappa shape index (κ2) is 7.31. The van der Waals surface area contributed by atoms with Crippen molar-refractivity contribution < 1.29 is 14.6 Å². The summed E-state index contributed by atoms with van der Waals surface area (Å²) >= 11 is 0. The van der Waals surface area contributed by atoms with Crippen LogP contribution in [0.2, 0.25) is 0 Å². The van der Waals surface area contributed by atoms with Gasteiger partial charge in [-0.25, -0.2) is 0 Å². The molecule has 116 valence electrons. The molecule has 5 heteroatoms. The van der Waals surface area contributed by atoms with Crippen molar-refractivity contribution in [3.05, 3.63) is 23.8 Å². The van der Waals surface area contributed by atoms with Crippen molar-refractivity contribution in [3.8, 4) is 11.5 Å². The number of aromatic hydroxyl groups is 1. The summed E-state index contributed by atoms with van der Waals surface area (Å²) in [5.74, 6) is 0.0537. The predicted octanol–water partition coefficient (Wildman–Crippen LogP) is 2.00. The van der Waals surface area contributed by atoms with Crippen LogP contribution in [0.25, 0.3) is 0 Å². The Kier molecular flexibility index (Phi) is 5.44. The van der Waals surface area contributed by atoms with E-state index in [1.165, 1.54) is 26.4 Å². The third-order valence-corrected chi connectivity index (χ3v) is 4.02. The molecular weight excluding hydrogens is 268 g/mol. The Morgan fingerprint density at radius 1 is 1.48 bits per heavy atom. The highest BCUT2D eigenvalue weighted by Gasteiger charge is 2.20. The van der Waals surface area contributed by atoms with Gasteiger partial charge in [-0.2, -0.15) is 0 Å². The molecule has 5 nitrogen and oxygen atoms in total. The zero-order valence-corrected chi connectivity index (χ0v) is 12.8. The Balaban J connectivity index is 1.95. The van der Waals surface area contributed by atoms with Crippen molar-refractivity contribution in [3.63, 3.8) is 0 Å². The van der Waals surface area contributed by atoms with Gasteiger partial charge in [0, 0.05) is 19.6 Å². The van der Waals surface area contributed by atoms with Crippen molar-refractivity contribution in [1.29, 1.82) is 0 Å². The van der Waals surface area contributed by atoms with E-state index in [2.05, 4.69) is 5.32 Å². The number of methoxy groups -OCH3 is 1. The lowest BCUT2D eigenvalue weighted by Crippen LogP contribution is -2.38. The van der Waals surface area contributed by atoms with E-state index >= 15 is 0 Å². The molecule has 2 N–H and O–H groups in total. The first kappa shape index (κ1) is 15.6. The highest BCUT2D eigenvalue weighted by molar-refractivity contribution is 5.97. The third kappa shape index (κ3) is 3.88. The number of amides is 1. The number of phenols is 1. The van der Waals surface area contributed by atoms with Crippen molar-refractivity contribution in [2.75, 3.05) is 27.2 Å². The maximum atomic E-state index is 12.4. The lowest BCUT2D eigenvalue weighted by molar-refractivity contribution is 0.0784. The fourth-order valence-corrected chi connectivity index (χ4v) is 2.69. The first-order chi connectivity index (χ1) is 10.1. The van der Waals surface area contributed by atoms with Crippen molar-refractivity contribution in [1.82, 2.24) is 10.2 Å². The monoisotopic (exact) mass is 292 g/mol. The largest absolute Gasteiger partial charge is 0.504 e. The summed E-state index contributed by atoms with van der Waals surface area (Å²) in [4.78, 5) is 14.1. The molecule has 1 saturated heterocycles. The molecule has 0 radical (unpaired) electrons. The number of phenolic OH excluding ortho intramolecular Hbond substituents is 1. The summed E-state index contributed by atoms with van der Waals surface area (Å²) in [7, 11) is 3.24. The fraction of sp³-hybridized carbons (Fsp3) is 0.562. The molecule has 0 spiro atoms. The Morgan fingerprint density at radius 2 is 2.29 bits per heavy atom. The van der Waals surface area contributed by atoms with E-state index in [1.807, 2.05) is 0 Å². The minimum atomic E-state index is -0.179. The van der Waals surface area contributed by atoms with E-state index in [1.54, 1.807) is 30.1 Å². The predicted molar refractivity (Wildman–Crippen MR) is 81.9 cm³/mol. The van der Waals surface area contributed by atoms with Crippen LogP contribution in [0.15, 0.2) is 18.2 Å². The number of hydrogen-bond acceptors (Lipinski definition) is 4. The summed E-state index contributed by atoms with van der Waals surface area (Å²) in [6.07, 6.45) is 4.61. The average molecular weight is 292 g/mol. The topological polar surface area (TPSA) is 61.8 Å². The molecule has 1 amide bonds. The summed E-state index contributed by atoms with van der Waals surface area (Å²) in [5.41, 5.74) is 0.286. The van der Waals surface area contributed by atoms with Crippen LogP contribution in [0.1, 0.15) is 36.0 Å². The van der Waals surface area contributed by atoms with Gasteiger partial charge in [0.2, 0.25) is 0 Å². The van der Waals surface area contributed by atoms with Crippen molar-refractivity contribution >= 4 is 5.91 Å². The van der Waals surface area contributed by atoms with Gasteiger partial charge < -0.3 is 20.1 Å². The molecule has 0 aromatic heterocycles. The van der Waals surface area contributed by atoms with Crippen LogP contribution >= 0.6 is 0 Å². The molecule has 1 aliphatic heterocycles. The SMILES string of the molecule is COc1cccc(C(=O)N(C)CCC2CCCCN2)c1O. The molecule has 1 heterocycles. The standard InChI is InChI=1S/C16H24N2O3/c1-18(11-9-12-6-3-4-10-17-12)16(20)13-7-5-8-14(21-2)15(13)19/h5,7-8,12,17,19H,3-4,6,9-11H2,1-2H3. The molecule has 0 aliphatic carbocycles. The number of ether oxygens (including phenoxy) is 1. The van der Waals surface area contributed by atoms with Gasteiger partial charge in [-0.3, -0.25) is 4.79 Å². The van der Waals surface area contributed by atoms with E-state index in [0.717, 1.165) is 13.0 Å². The number of piperidine rings is 1. The Bertz CT molecular complexity index is 484. The molecule has 2 rings (SSSR count). The zero-order chi connectivity index (χ0) is 15.2. The van der Waals surface area contributed by atoms with Crippen LogP contribution in [-0.2, 0) is 0 Å².